The number of aryl methyl sites for hydroxylation is 1. The molecule has 0 saturated carbocycles. The van der Waals surface area contributed by atoms with Gasteiger partial charge < -0.3 is 10.5 Å². The number of nitrogens with two attached hydrogens (primary N) is 1. The molecule has 6 heteroatoms. The molecule has 0 aliphatic heterocycles. The molecule has 0 spiro atoms. The molecule has 0 aliphatic carbocycles. The van der Waals surface area contributed by atoms with Crippen molar-refractivity contribution >= 4 is 17.2 Å². The van der Waals surface area contributed by atoms with Gasteiger partial charge in [-0.3, -0.25) is 9.13 Å². The number of rotatable bonds is 5. The van der Waals surface area contributed by atoms with Crippen LogP contribution in [0, 0.1) is 0 Å². The summed E-state index contributed by atoms with van der Waals surface area (Å²) in [4.78, 5) is 12.3. The highest BCUT2D eigenvalue weighted by molar-refractivity contribution is 7.80. The van der Waals surface area contributed by atoms with Gasteiger partial charge in [0, 0.05) is 18.9 Å². The molecule has 2 rings (SSSR count). The Kier molecular flexibility index (Phi) is 4.24. The number of hydrogen-bond donors (Lipinski definition) is 1. The molecule has 106 valence electrons. The van der Waals surface area contributed by atoms with E-state index in [1.54, 1.807) is 28.6 Å². The number of thiocarbonyl (C=S) groups is 1. The summed E-state index contributed by atoms with van der Waals surface area (Å²) in [5, 5.41) is 0. The smallest absolute Gasteiger partial charge is 0.328 e. The van der Waals surface area contributed by atoms with E-state index in [-0.39, 0.29) is 5.69 Å². The van der Waals surface area contributed by atoms with Crippen LogP contribution in [0.1, 0.15) is 18.1 Å². The van der Waals surface area contributed by atoms with E-state index in [1.165, 1.54) is 0 Å². The summed E-state index contributed by atoms with van der Waals surface area (Å²) in [7, 11) is 1.57. The van der Waals surface area contributed by atoms with Crippen molar-refractivity contribution in [2.24, 2.45) is 5.73 Å². The lowest BCUT2D eigenvalue weighted by Crippen LogP contribution is -2.23. The molecule has 0 atom stereocenters. The molecule has 0 amide bonds. The first kappa shape index (κ1) is 14.3. The number of nitrogens with zero attached hydrogens (tertiary/aromatic N) is 2. The molecule has 0 aliphatic rings. The van der Waals surface area contributed by atoms with E-state index < -0.39 is 0 Å². The number of benzene rings is 1. The van der Waals surface area contributed by atoms with Gasteiger partial charge in [0.15, 0.2) is 0 Å². The van der Waals surface area contributed by atoms with Gasteiger partial charge in [0.05, 0.1) is 19.2 Å². The van der Waals surface area contributed by atoms with Crippen LogP contribution in [0.2, 0.25) is 0 Å². The highest BCUT2D eigenvalue weighted by Gasteiger charge is 2.08. The highest BCUT2D eigenvalue weighted by Crippen LogP contribution is 2.20. The lowest BCUT2D eigenvalue weighted by Gasteiger charge is -2.09. The molecule has 0 saturated heterocycles. The molecule has 1 aromatic carbocycles. The molecule has 5 nitrogen and oxygen atoms in total. The Balaban J connectivity index is 2.32. The van der Waals surface area contributed by atoms with Crippen LogP contribution < -0.4 is 16.2 Å². The number of methoxy groups -OCH3 is 1. The van der Waals surface area contributed by atoms with Crippen LogP contribution in [0.15, 0.2) is 35.4 Å². The van der Waals surface area contributed by atoms with Crippen molar-refractivity contribution in [2.75, 3.05) is 7.11 Å². The summed E-state index contributed by atoms with van der Waals surface area (Å²) < 4.78 is 8.59. The van der Waals surface area contributed by atoms with Crippen LogP contribution in [0.25, 0.3) is 0 Å². The quantitative estimate of drug-likeness (QED) is 0.845. The second kappa shape index (κ2) is 5.92. The SMILES string of the molecule is CCn1ccn(Cc2ccc(C(N)=S)c(OC)c2)c1=O. The van der Waals surface area contributed by atoms with Crippen LogP contribution in [-0.4, -0.2) is 21.2 Å². The molecule has 20 heavy (non-hydrogen) atoms. The molecule has 0 unspecified atom stereocenters. The van der Waals surface area contributed by atoms with Gasteiger partial charge in [0.25, 0.3) is 0 Å². The number of imidazole rings is 1. The maximum absolute atomic E-state index is 12.0. The van der Waals surface area contributed by atoms with Gasteiger partial charge in [-0.15, -0.1) is 0 Å². The van der Waals surface area contributed by atoms with E-state index in [0.717, 1.165) is 5.56 Å². The first-order valence-corrected chi connectivity index (χ1v) is 6.70. The third kappa shape index (κ3) is 2.75. The molecule has 1 heterocycles. The molecule has 0 fully saturated rings. The number of hydrogen-bond acceptors (Lipinski definition) is 3. The summed E-state index contributed by atoms with van der Waals surface area (Å²) in [6.45, 7) is 3.08. The van der Waals surface area contributed by atoms with Gasteiger partial charge in [-0.2, -0.15) is 0 Å². The molecular formula is C14H17N3O2S. The van der Waals surface area contributed by atoms with Crippen LogP contribution in [0.5, 0.6) is 5.75 Å². The topological polar surface area (TPSA) is 62.2 Å². The van der Waals surface area contributed by atoms with Crippen LogP contribution in [0.4, 0.5) is 0 Å². The highest BCUT2D eigenvalue weighted by atomic mass is 32.1. The maximum Gasteiger partial charge on any atom is 0.328 e. The fraction of sp³-hybridized carbons (Fsp3) is 0.286. The van der Waals surface area contributed by atoms with E-state index in [9.17, 15) is 4.79 Å². The first-order valence-electron chi connectivity index (χ1n) is 6.29. The van der Waals surface area contributed by atoms with E-state index in [0.29, 0.717) is 29.4 Å². The predicted molar refractivity (Wildman–Crippen MR) is 82.3 cm³/mol. The van der Waals surface area contributed by atoms with Crippen LogP contribution in [-0.2, 0) is 13.1 Å². The Bertz CT molecular complexity index is 688. The second-order valence-electron chi connectivity index (χ2n) is 4.39. The standard InChI is InChI=1S/C14H17N3O2S/c1-3-16-6-7-17(14(16)18)9-10-4-5-11(13(15)20)12(8-10)19-2/h4-8H,3,9H2,1-2H3,(H2,15,20). The zero-order valence-electron chi connectivity index (χ0n) is 11.5. The Morgan fingerprint density at radius 3 is 2.60 bits per heavy atom. The van der Waals surface area contributed by atoms with Crippen molar-refractivity contribution in [1.82, 2.24) is 9.13 Å². The zero-order chi connectivity index (χ0) is 14.7. The van der Waals surface area contributed by atoms with Gasteiger partial charge >= 0.3 is 5.69 Å². The second-order valence-corrected chi connectivity index (χ2v) is 4.83. The molecular weight excluding hydrogens is 274 g/mol. The first-order chi connectivity index (χ1) is 9.56. The van der Waals surface area contributed by atoms with Gasteiger partial charge in [0.1, 0.15) is 10.7 Å². The van der Waals surface area contributed by atoms with Crippen LogP contribution >= 0.6 is 12.2 Å². The maximum atomic E-state index is 12.0. The molecule has 1 aromatic heterocycles. The summed E-state index contributed by atoms with van der Waals surface area (Å²) >= 11 is 4.97. The van der Waals surface area contributed by atoms with E-state index in [2.05, 4.69) is 0 Å². The molecule has 0 bridgehead atoms. The normalized spacial score (nSPS) is 10.5. The Morgan fingerprint density at radius 2 is 2.05 bits per heavy atom. The van der Waals surface area contributed by atoms with Crippen molar-refractivity contribution in [3.63, 3.8) is 0 Å². The zero-order valence-corrected chi connectivity index (χ0v) is 12.3. The molecule has 0 radical (unpaired) electrons. The minimum Gasteiger partial charge on any atom is -0.496 e. The summed E-state index contributed by atoms with van der Waals surface area (Å²) in [6.07, 6.45) is 3.56. The van der Waals surface area contributed by atoms with Gasteiger partial charge in [-0.25, -0.2) is 4.79 Å². The lowest BCUT2D eigenvalue weighted by atomic mass is 10.1. The Morgan fingerprint density at radius 1 is 1.35 bits per heavy atom. The van der Waals surface area contributed by atoms with Crippen LogP contribution in [0.3, 0.4) is 0 Å². The Hall–Kier alpha value is -2.08. The van der Waals surface area contributed by atoms with E-state index >= 15 is 0 Å². The lowest BCUT2D eigenvalue weighted by molar-refractivity contribution is 0.413. The van der Waals surface area contributed by atoms with Crippen molar-refractivity contribution in [2.45, 2.75) is 20.0 Å². The minimum absolute atomic E-state index is 0.0233. The summed E-state index contributed by atoms with van der Waals surface area (Å²) in [5.41, 5.74) is 7.26. The molecule has 2 aromatic rings. The van der Waals surface area contributed by atoms with Gasteiger partial charge in [-0.1, -0.05) is 18.3 Å². The van der Waals surface area contributed by atoms with Crippen molar-refractivity contribution in [3.8, 4) is 5.75 Å². The third-order valence-electron chi connectivity index (χ3n) is 3.14. The summed E-state index contributed by atoms with van der Waals surface area (Å²) in [6, 6.07) is 5.56. The van der Waals surface area contributed by atoms with E-state index in [4.69, 9.17) is 22.7 Å². The minimum atomic E-state index is -0.0233. The van der Waals surface area contributed by atoms with Crippen molar-refractivity contribution in [1.29, 1.82) is 0 Å². The van der Waals surface area contributed by atoms with Crippen molar-refractivity contribution in [3.05, 3.63) is 52.2 Å². The largest absolute Gasteiger partial charge is 0.496 e. The molecule has 2 N–H and O–H groups in total. The summed E-state index contributed by atoms with van der Waals surface area (Å²) in [5.74, 6) is 0.623. The average molecular weight is 291 g/mol. The monoisotopic (exact) mass is 291 g/mol. The van der Waals surface area contributed by atoms with Gasteiger partial charge in [0.2, 0.25) is 0 Å². The van der Waals surface area contributed by atoms with Gasteiger partial charge in [-0.05, 0) is 24.6 Å². The Labute approximate surface area is 122 Å². The fourth-order valence-corrected chi connectivity index (χ4v) is 2.22. The van der Waals surface area contributed by atoms with Crippen molar-refractivity contribution < 1.29 is 4.74 Å². The number of ether oxygens (including phenoxy) is 1. The van der Waals surface area contributed by atoms with E-state index in [1.807, 2.05) is 25.1 Å². The predicted octanol–water partition coefficient (Wildman–Crippen LogP) is 1.36. The average Bonchev–Trinajstić information content (AvgIpc) is 2.79. The third-order valence-corrected chi connectivity index (χ3v) is 3.36. The number of aromatic nitrogens is 2. The fourth-order valence-electron chi connectivity index (χ4n) is 2.05.